The molecule has 0 fully saturated rings. The first-order valence-corrected chi connectivity index (χ1v) is 11.4. The largest absolute Gasteiger partial charge is 0.468 e. The van der Waals surface area contributed by atoms with Crippen molar-refractivity contribution in [1.29, 1.82) is 0 Å². The summed E-state index contributed by atoms with van der Waals surface area (Å²) in [6.45, 7) is -0.0512. The average Bonchev–Trinajstić information content (AvgIpc) is 3.29. The fraction of sp³-hybridized carbons (Fsp3) is 0.182. The molecule has 2 N–H and O–H groups in total. The van der Waals surface area contributed by atoms with Gasteiger partial charge in [-0.05, 0) is 48.4 Å². The Balaban J connectivity index is 1.63. The van der Waals surface area contributed by atoms with Gasteiger partial charge in [0, 0.05) is 18.1 Å². The maximum atomic E-state index is 13.1. The minimum Gasteiger partial charge on any atom is -0.468 e. The molecule has 1 heterocycles. The van der Waals surface area contributed by atoms with Gasteiger partial charge < -0.3 is 15.1 Å². The second kappa shape index (κ2) is 10.3. The molecule has 3 aromatic rings. The summed E-state index contributed by atoms with van der Waals surface area (Å²) in [6.07, 6.45) is 1.91. The van der Waals surface area contributed by atoms with Crippen LogP contribution in [0.25, 0.3) is 0 Å². The van der Waals surface area contributed by atoms with Crippen LogP contribution in [-0.2, 0) is 25.8 Å². The molecule has 0 saturated heterocycles. The molecule has 1 unspecified atom stereocenters. The number of sulfone groups is 1. The van der Waals surface area contributed by atoms with Crippen LogP contribution in [-0.4, -0.2) is 33.3 Å². The van der Waals surface area contributed by atoms with Gasteiger partial charge in [-0.25, -0.2) is 8.42 Å². The zero-order valence-corrected chi connectivity index (χ0v) is 18.0. The van der Waals surface area contributed by atoms with Gasteiger partial charge in [0.15, 0.2) is 9.84 Å². The quantitative estimate of drug-likeness (QED) is 0.503. The molecule has 0 aliphatic heterocycles. The normalized spacial score (nSPS) is 12.2. The molecule has 0 radical (unpaired) electrons. The number of benzene rings is 2. The summed E-state index contributed by atoms with van der Waals surface area (Å²) in [5.74, 6) is -1.60. The molecule has 3 rings (SSSR count). The van der Waals surface area contributed by atoms with Crippen LogP contribution in [0.15, 0.2) is 82.3 Å². The molecule has 0 saturated carbocycles. The topological polar surface area (TPSA) is 105 Å². The third-order valence-corrected chi connectivity index (χ3v) is 6.90. The van der Waals surface area contributed by atoms with E-state index in [9.17, 15) is 18.0 Å². The first-order valence-electron chi connectivity index (χ1n) is 9.51. The predicted molar refractivity (Wildman–Crippen MR) is 116 cm³/mol. The van der Waals surface area contributed by atoms with E-state index in [1.165, 1.54) is 36.6 Å². The lowest BCUT2D eigenvalue weighted by atomic mass is 10.1. The number of rotatable bonds is 8. The van der Waals surface area contributed by atoms with Crippen molar-refractivity contribution in [2.45, 2.75) is 16.6 Å². The highest BCUT2D eigenvalue weighted by Crippen LogP contribution is 2.29. The van der Waals surface area contributed by atoms with Crippen LogP contribution >= 0.6 is 11.6 Å². The fourth-order valence-corrected chi connectivity index (χ4v) is 4.65. The number of amides is 2. The molecule has 9 heteroatoms. The van der Waals surface area contributed by atoms with Crippen molar-refractivity contribution < 1.29 is 22.4 Å². The van der Waals surface area contributed by atoms with E-state index in [-0.39, 0.29) is 23.7 Å². The van der Waals surface area contributed by atoms with Gasteiger partial charge in [0.25, 0.3) is 0 Å². The zero-order valence-electron chi connectivity index (χ0n) is 16.5. The van der Waals surface area contributed by atoms with E-state index in [4.69, 9.17) is 16.0 Å². The zero-order chi connectivity index (χ0) is 22.3. The summed E-state index contributed by atoms with van der Waals surface area (Å²) in [4.78, 5) is 24.3. The number of halogens is 1. The van der Waals surface area contributed by atoms with Crippen molar-refractivity contribution in [3.63, 3.8) is 0 Å². The minimum absolute atomic E-state index is 0.0276. The van der Waals surface area contributed by atoms with Gasteiger partial charge in [-0.2, -0.15) is 0 Å². The summed E-state index contributed by atoms with van der Waals surface area (Å²) >= 11 is 5.84. The van der Waals surface area contributed by atoms with E-state index in [1.54, 1.807) is 6.07 Å². The van der Waals surface area contributed by atoms with Crippen LogP contribution in [0.3, 0.4) is 0 Å². The molecule has 162 valence electrons. The minimum atomic E-state index is -3.91. The molecule has 31 heavy (non-hydrogen) atoms. The molecule has 1 atom stereocenters. The molecule has 0 spiro atoms. The highest BCUT2D eigenvalue weighted by Gasteiger charge is 2.32. The molecule has 0 aliphatic rings. The number of carbonyl (C=O) groups is 2. The average molecular weight is 461 g/mol. The van der Waals surface area contributed by atoms with Crippen molar-refractivity contribution in [3.8, 4) is 0 Å². The van der Waals surface area contributed by atoms with E-state index in [0.717, 1.165) is 5.56 Å². The Morgan fingerprint density at radius 3 is 2.23 bits per heavy atom. The van der Waals surface area contributed by atoms with E-state index in [1.807, 2.05) is 30.3 Å². The van der Waals surface area contributed by atoms with Crippen LogP contribution in [0.5, 0.6) is 0 Å². The lowest BCUT2D eigenvalue weighted by Gasteiger charge is -2.16. The Kier molecular flexibility index (Phi) is 7.49. The van der Waals surface area contributed by atoms with E-state index in [0.29, 0.717) is 11.4 Å². The maximum absolute atomic E-state index is 13.1. The van der Waals surface area contributed by atoms with Crippen LogP contribution in [0, 0.1) is 0 Å². The summed E-state index contributed by atoms with van der Waals surface area (Å²) in [5.41, 5.74) is 1.02. The standard InChI is InChI=1S/C22H21ClN2O5S/c23-17-8-10-18(11-9-17)31(28,29)20(19-7-4-14-30-19)15-25-22(27)21(26)24-13-12-16-5-2-1-3-6-16/h1-11,14,20H,12-13,15H2,(H,24,26)(H,25,27). The molecular formula is C22H21ClN2O5S. The Labute approximate surface area is 185 Å². The second-order valence-corrected chi connectivity index (χ2v) is 9.27. The van der Waals surface area contributed by atoms with Gasteiger partial charge in [0.1, 0.15) is 11.0 Å². The van der Waals surface area contributed by atoms with Gasteiger partial charge in [-0.1, -0.05) is 41.9 Å². The van der Waals surface area contributed by atoms with Crippen LogP contribution in [0.2, 0.25) is 5.02 Å². The third-order valence-electron chi connectivity index (χ3n) is 4.57. The van der Waals surface area contributed by atoms with Crippen molar-refractivity contribution in [2.24, 2.45) is 0 Å². The SMILES string of the molecule is O=C(NCCc1ccccc1)C(=O)NCC(c1ccco1)S(=O)(=O)c1ccc(Cl)cc1. The van der Waals surface area contributed by atoms with Crippen LogP contribution in [0.4, 0.5) is 0 Å². The monoisotopic (exact) mass is 460 g/mol. The fourth-order valence-electron chi connectivity index (χ4n) is 2.94. The number of hydrogen-bond acceptors (Lipinski definition) is 5. The second-order valence-electron chi connectivity index (χ2n) is 6.70. The maximum Gasteiger partial charge on any atom is 0.309 e. The Morgan fingerprint density at radius 2 is 1.58 bits per heavy atom. The van der Waals surface area contributed by atoms with Gasteiger partial charge in [-0.3, -0.25) is 9.59 Å². The number of nitrogens with one attached hydrogen (secondary N) is 2. The van der Waals surface area contributed by atoms with Crippen molar-refractivity contribution in [3.05, 3.63) is 89.3 Å². The smallest absolute Gasteiger partial charge is 0.309 e. The van der Waals surface area contributed by atoms with Crippen molar-refractivity contribution >= 4 is 33.3 Å². The number of carbonyl (C=O) groups excluding carboxylic acids is 2. The third kappa shape index (κ3) is 5.96. The molecule has 1 aromatic heterocycles. The number of hydrogen-bond donors (Lipinski definition) is 2. The van der Waals surface area contributed by atoms with Crippen LogP contribution in [0.1, 0.15) is 16.6 Å². The lowest BCUT2D eigenvalue weighted by molar-refractivity contribution is -0.139. The first kappa shape index (κ1) is 22.6. The molecule has 0 bridgehead atoms. The molecular weight excluding hydrogens is 440 g/mol. The van der Waals surface area contributed by atoms with Gasteiger partial charge in [-0.15, -0.1) is 0 Å². The van der Waals surface area contributed by atoms with E-state index in [2.05, 4.69) is 10.6 Å². The molecule has 2 aromatic carbocycles. The van der Waals surface area contributed by atoms with Crippen LogP contribution < -0.4 is 10.6 Å². The predicted octanol–water partition coefficient (Wildman–Crippen LogP) is 2.92. The molecule has 0 aliphatic carbocycles. The summed E-state index contributed by atoms with van der Waals surface area (Å²) in [5, 5.41) is 4.11. The Morgan fingerprint density at radius 1 is 0.903 bits per heavy atom. The molecule has 2 amide bonds. The summed E-state index contributed by atoms with van der Waals surface area (Å²) in [7, 11) is -3.91. The highest BCUT2D eigenvalue weighted by molar-refractivity contribution is 7.91. The van der Waals surface area contributed by atoms with Crippen molar-refractivity contribution in [1.82, 2.24) is 10.6 Å². The number of furan rings is 1. The van der Waals surface area contributed by atoms with E-state index >= 15 is 0 Å². The van der Waals surface area contributed by atoms with E-state index < -0.39 is 26.9 Å². The Hall–Kier alpha value is -3.10. The first-order chi connectivity index (χ1) is 14.9. The van der Waals surface area contributed by atoms with Gasteiger partial charge >= 0.3 is 11.8 Å². The molecule has 7 nitrogen and oxygen atoms in total. The summed E-state index contributed by atoms with van der Waals surface area (Å²) in [6, 6.07) is 18.3. The Bertz CT molecular complexity index is 1110. The summed E-state index contributed by atoms with van der Waals surface area (Å²) < 4.78 is 31.5. The van der Waals surface area contributed by atoms with Gasteiger partial charge in [0.05, 0.1) is 11.2 Å². The van der Waals surface area contributed by atoms with Gasteiger partial charge in [0.2, 0.25) is 0 Å². The highest BCUT2D eigenvalue weighted by atomic mass is 35.5. The van der Waals surface area contributed by atoms with Crippen molar-refractivity contribution in [2.75, 3.05) is 13.1 Å². The lowest BCUT2D eigenvalue weighted by Crippen LogP contribution is -2.42.